The third-order valence-corrected chi connectivity index (χ3v) is 5.63. The molecule has 0 fully saturated rings. The van der Waals surface area contributed by atoms with Crippen molar-refractivity contribution in [2.24, 2.45) is 5.73 Å². The number of nitrogens with one attached hydrogen (secondary N) is 1. The van der Waals surface area contributed by atoms with Gasteiger partial charge in [0.2, 0.25) is 0 Å². The molecule has 0 unspecified atom stereocenters. The molecule has 0 radical (unpaired) electrons. The minimum Gasteiger partial charge on any atom is -1.00 e. The van der Waals surface area contributed by atoms with Gasteiger partial charge in [-0.15, -0.1) is 0 Å². The highest BCUT2D eigenvalue weighted by molar-refractivity contribution is 7.84. The summed E-state index contributed by atoms with van der Waals surface area (Å²) in [4.78, 5) is 0. The predicted octanol–water partition coefficient (Wildman–Crippen LogP) is 2.76. The van der Waals surface area contributed by atoms with Crippen molar-refractivity contribution < 1.29 is 16.6 Å². The summed E-state index contributed by atoms with van der Waals surface area (Å²) in [6, 6.07) is 16.8. The summed E-state index contributed by atoms with van der Waals surface area (Å²) in [5.41, 5.74) is 10.6. The first-order valence-corrected chi connectivity index (χ1v) is 10.2. The Bertz CT molecular complexity index is 727. The monoisotopic (exact) mass is 425 g/mol. The minimum absolute atomic E-state index is 0. The van der Waals surface area contributed by atoms with E-state index in [1.807, 2.05) is 46.8 Å². The summed E-state index contributed by atoms with van der Waals surface area (Å²) in [6.45, 7) is 14.1. The standard InChI is InChI=1S/C13H21NOS.C9H13N.CH4.ClH/c1-10-7-6-8-12(9-10)11(2)14-16(15)13(3,4)5;1-7-4-3-5-9(6-7)8(2)10;;/h6-9,11,14H,1-5H3;3-6,8H,10H2,1-2H3;1H4;1H/p-1/t11-,16+;8-;;/m00../s1. The number of hydrogen-bond acceptors (Lipinski definition) is 2. The zero-order valence-corrected chi connectivity index (χ0v) is 19.1. The van der Waals surface area contributed by atoms with E-state index in [0.717, 1.165) is 0 Å². The third kappa shape index (κ3) is 10.4. The molecule has 2 aromatic rings. The van der Waals surface area contributed by atoms with Crippen LogP contribution in [0.5, 0.6) is 0 Å². The van der Waals surface area contributed by atoms with Gasteiger partial charge in [-0.2, -0.15) is 0 Å². The zero-order chi connectivity index (χ0) is 19.9. The average molecular weight is 426 g/mol. The van der Waals surface area contributed by atoms with Gasteiger partial charge in [-0.05, 0) is 59.6 Å². The number of aryl methyl sites for hydroxylation is 2. The number of halogens is 1. The minimum atomic E-state index is -1.02. The van der Waals surface area contributed by atoms with Gasteiger partial charge in [-0.25, -0.2) is 8.93 Å². The lowest BCUT2D eigenvalue weighted by molar-refractivity contribution is -0.00000757. The van der Waals surface area contributed by atoms with E-state index in [4.69, 9.17) is 5.73 Å². The first kappa shape index (κ1) is 29.0. The summed E-state index contributed by atoms with van der Waals surface area (Å²) < 4.78 is 14.8. The van der Waals surface area contributed by atoms with E-state index >= 15 is 0 Å². The molecule has 0 aliphatic rings. The van der Waals surface area contributed by atoms with Crippen molar-refractivity contribution in [2.75, 3.05) is 0 Å². The molecule has 3 atom stereocenters. The summed E-state index contributed by atoms with van der Waals surface area (Å²) in [5, 5.41) is 0. The van der Waals surface area contributed by atoms with Crippen molar-refractivity contribution in [3.63, 3.8) is 0 Å². The Labute approximate surface area is 181 Å². The topological polar surface area (TPSA) is 55.1 Å². The van der Waals surface area contributed by atoms with Crippen molar-refractivity contribution in [2.45, 2.75) is 72.7 Å². The average Bonchev–Trinajstić information content (AvgIpc) is 2.54. The molecule has 5 heteroatoms. The fourth-order valence-electron chi connectivity index (χ4n) is 2.30. The van der Waals surface area contributed by atoms with Crippen LogP contribution in [0.25, 0.3) is 0 Å². The molecule has 0 spiro atoms. The van der Waals surface area contributed by atoms with Crippen LogP contribution in [0.3, 0.4) is 0 Å². The van der Waals surface area contributed by atoms with Crippen molar-refractivity contribution in [3.05, 3.63) is 70.8 Å². The van der Waals surface area contributed by atoms with E-state index in [0.29, 0.717) is 0 Å². The van der Waals surface area contributed by atoms with E-state index in [9.17, 15) is 4.21 Å². The molecule has 28 heavy (non-hydrogen) atoms. The van der Waals surface area contributed by atoms with Gasteiger partial charge in [-0.1, -0.05) is 67.1 Å². The van der Waals surface area contributed by atoms with E-state index < -0.39 is 11.0 Å². The lowest BCUT2D eigenvalue weighted by Gasteiger charge is -2.22. The molecule has 2 rings (SSSR count). The van der Waals surface area contributed by atoms with Gasteiger partial charge in [0.25, 0.3) is 0 Å². The van der Waals surface area contributed by atoms with Crippen LogP contribution in [0.4, 0.5) is 0 Å². The van der Waals surface area contributed by atoms with Crippen LogP contribution in [-0.2, 0) is 11.0 Å². The number of nitrogens with two attached hydrogens (primary N) is 1. The molecule has 0 heterocycles. The maximum Gasteiger partial charge on any atom is 0.0975 e. The van der Waals surface area contributed by atoms with Gasteiger partial charge in [-0.3, -0.25) is 0 Å². The molecule has 0 aliphatic carbocycles. The fourth-order valence-corrected chi connectivity index (χ4v) is 3.11. The lowest BCUT2D eigenvalue weighted by Crippen LogP contribution is -3.00. The molecular weight excluding hydrogens is 388 g/mol. The smallest absolute Gasteiger partial charge is 0.0975 e. The fraction of sp³-hybridized carbons (Fsp3) is 0.478. The van der Waals surface area contributed by atoms with Crippen molar-refractivity contribution in [1.82, 2.24) is 4.72 Å². The van der Waals surface area contributed by atoms with Gasteiger partial charge in [0.15, 0.2) is 0 Å². The first-order valence-electron chi connectivity index (χ1n) is 9.07. The SMILES string of the molecule is C.Cc1cccc([C@H](C)N)c1.Cc1cccc([C@H](C)N[S@](=O)C(C)(C)C)c1.[Cl-]. The van der Waals surface area contributed by atoms with E-state index in [2.05, 4.69) is 55.0 Å². The Morgan fingerprint density at radius 2 is 1.36 bits per heavy atom. The second-order valence-electron chi connectivity index (χ2n) is 7.84. The molecule has 0 aromatic heterocycles. The van der Waals surface area contributed by atoms with Crippen molar-refractivity contribution in [1.29, 1.82) is 0 Å². The quantitative estimate of drug-likeness (QED) is 0.791. The van der Waals surface area contributed by atoms with Gasteiger partial charge in [0.1, 0.15) is 0 Å². The molecule has 0 saturated heterocycles. The first-order chi connectivity index (χ1) is 12.0. The summed E-state index contributed by atoms with van der Waals surface area (Å²) in [5.74, 6) is 0. The largest absolute Gasteiger partial charge is 1.00 e. The van der Waals surface area contributed by atoms with Gasteiger partial charge in [0, 0.05) is 12.1 Å². The highest BCUT2D eigenvalue weighted by Crippen LogP contribution is 2.17. The van der Waals surface area contributed by atoms with E-state index in [1.165, 1.54) is 22.3 Å². The second kappa shape index (κ2) is 13.1. The molecule has 160 valence electrons. The lowest BCUT2D eigenvalue weighted by atomic mass is 10.1. The summed E-state index contributed by atoms with van der Waals surface area (Å²) >= 11 is 0. The van der Waals surface area contributed by atoms with Crippen LogP contribution in [0, 0.1) is 13.8 Å². The van der Waals surface area contributed by atoms with Crippen molar-refractivity contribution >= 4 is 11.0 Å². The van der Waals surface area contributed by atoms with Crippen LogP contribution in [0.2, 0.25) is 0 Å². The Morgan fingerprint density at radius 1 is 0.929 bits per heavy atom. The molecule has 3 nitrogen and oxygen atoms in total. The molecule has 3 N–H and O–H groups in total. The molecule has 2 aromatic carbocycles. The highest BCUT2D eigenvalue weighted by atomic mass is 35.5. The predicted molar refractivity (Wildman–Crippen MR) is 121 cm³/mol. The maximum absolute atomic E-state index is 11.9. The Morgan fingerprint density at radius 3 is 1.71 bits per heavy atom. The molecular formula is C23H38ClN2OS-. The number of rotatable bonds is 4. The zero-order valence-electron chi connectivity index (χ0n) is 17.5. The molecule has 0 bridgehead atoms. The van der Waals surface area contributed by atoms with Crippen molar-refractivity contribution in [3.8, 4) is 0 Å². The third-order valence-electron chi connectivity index (χ3n) is 3.95. The van der Waals surface area contributed by atoms with E-state index in [1.54, 1.807) is 0 Å². The molecule has 0 amide bonds. The highest BCUT2D eigenvalue weighted by Gasteiger charge is 2.21. The normalized spacial score (nSPS) is 13.7. The number of hydrogen-bond donors (Lipinski definition) is 2. The van der Waals surface area contributed by atoms with Crippen LogP contribution < -0.4 is 22.9 Å². The number of benzene rings is 2. The summed E-state index contributed by atoms with van der Waals surface area (Å²) in [7, 11) is -1.02. The van der Waals surface area contributed by atoms with Crippen LogP contribution in [0.15, 0.2) is 48.5 Å². The van der Waals surface area contributed by atoms with Crippen LogP contribution in [0.1, 0.15) is 76.4 Å². The Balaban J connectivity index is 0. The van der Waals surface area contributed by atoms with Gasteiger partial charge < -0.3 is 18.1 Å². The maximum atomic E-state index is 11.9. The Kier molecular flexibility index (Phi) is 13.6. The Hall–Kier alpha value is -1.20. The summed E-state index contributed by atoms with van der Waals surface area (Å²) in [6.07, 6.45) is 0. The van der Waals surface area contributed by atoms with Gasteiger partial charge >= 0.3 is 0 Å². The van der Waals surface area contributed by atoms with Gasteiger partial charge in [0.05, 0.1) is 15.7 Å². The van der Waals surface area contributed by atoms with Crippen LogP contribution >= 0.6 is 0 Å². The second-order valence-corrected chi connectivity index (χ2v) is 9.84. The van der Waals surface area contributed by atoms with Crippen LogP contribution in [-0.4, -0.2) is 8.96 Å². The molecule has 0 aliphatic heterocycles. The van der Waals surface area contributed by atoms with E-state index in [-0.39, 0.29) is 36.7 Å². The molecule has 0 saturated carbocycles.